The number of hydrogen-bond acceptors (Lipinski definition) is 3. The normalized spacial score (nSPS) is 17.5. The number of piperidine rings is 1. The van der Waals surface area contributed by atoms with Crippen molar-refractivity contribution in [2.45, 2.75) is 32.2 Å². The largest absolute Gasteiger partial charge is 0.385 e. The Morgan fingerprint density at radius 1 is 1.26 bits per heavy atom. The van der Waals surface area contributed by atoms with Gasteiger partial charge in [0.15, 0.2) is 0 Å². The van der Waals surface area contributed by atoms with Crippen molar-refractivity contribution < 1.29 is 9.53 Å². The lowest BCUT2D eigenvalue weighted by molar-refractivity contribution is -0.137. The lowest BCUT2D eigenvalue weighted by atomic mass is 9.93. The summed E-state index contributed by atoms with van der Waals surface area (Å²) in [5.41, 5.74) is 2.30. The third-order valence-electron chi connectivity index (χ3n) is 4.80. The van der Waals surface area contributed by atoms with Gasteiger partial charge in [-0.25, -0.2) is 0 Å². The van der Waals surface area contributed by atoms with Crippen LogP contribution in [0.5, 0.6) is 0 Å². The fourth-order valence-electron chi connectivity index (χ4n) is 3.31. The molecule has 1 heterocycles. The molecule has 4 nitrogen and oxygen atoms in total. The maximum atomic E-state index is 13.0. The first kappa shape index (κ1) is 18.0. The molecule has 0 aliphatic carbocycles. The minimum absolute atomic E-state index is 0.189. The van der Waals surface area contributed by atoms with E-state index in [1.54, 1.807) is 7.11 Å². The zero-order valence-corrected chi connectivity index (χ0v) is 14.9. The van der Waals surface area contributed by atoms with Crippen molar-refractivity contribution in [1.29, 1.82) is 0 Å². The van der Waals surface area contributed by atoms with Crippen LogP contribution in [0.1, 0.15) is 36.4 Å². The van der Waals surface area contributed by atoms with Gasteiger partial charge in [0, 0.05) is 26.8 Å². The van der Waals surface area contributed by atoms with E-state index in [0.29, 0.717) is 5.92 Å². The number of rotatable bonds is 6. The molecule has 0 saturated carbocycles. The molecule has 1 amide bonds. The Balaban J connectivity index is 2.01. The van der Waals surface area contributed by atoms with E-state index in [1.807, 2.05) is 23.9 Å². The van der Waals surface area contributed by atoms with Crippen LogP contribution in [0.2, 0.25) is 0 Å². The molecule has 4 heteroatoms. The van der Waals surface area contributed by atoms with Gasteiger partial charge in [-0.2, -0.15) is 0 Å². The smallest absolute Gasteiger partial charge is 0.244 e. The number of aryl methyl sites for hydroxylation is 1. The van der Waals surface area contributed by atoms with Crippen LogP contribution >= 0.6 is 0 Å². The van der Waals surface area contributed by atoms with Crippen LogP contribution in [-0.4, -0.2) is 56.6 Å². The van der Waals surface area contributed by atoms with Gasteiger partial charge in [0.2, 0.25) is 5.91 Å². The monoisotopic (exact) mass is 318 g/mol. The lowest BCUT2D eigenvalue weighted by Crippen LogP contribution is -2.44. The Bertz CT molecular complexity index is 491. The molecule has 0 aromatic heterocycles. The SMILES string of the molecule is COCCC1CCN(C(=O)C(c2ccc(C)cc2)N(C)C)CC1. The molecule has 1 aliphatic heterocycles. The first-order valence-electron chi connectivity index (χ1n) is 8.53. The highest BCUT2D eigenvalue weighted by Crippen LogP contribution is 2.26. The molecule has 0 bridgehead atoms. The van der Waals surface area contributed by atoms with Gasteiger partial charge < -0.3 is 9.64 Å². The minimum atomic E-state index is -0.189. The molecule has 1 aromatic carbocycles. The van der Waals surface area contributed by atoms with Crippen molar-refractivity contribution in [3.8, 4) is 0 Å². The molecule has 128 valence electrons. The summed E-state index contributed by atoms with van der Waals surface area (Å²) in [7, 11) is 5.71. The van der Waals surface area contributed by atoms with Crippen LogP contribution in [0.15, 0.2) is 24.3 Å². The van der Waals surface area contributed by atoms with E-state index >= 15 is 0 Å². The molecule has 0 N–H and O–H groups in total. The molecule has 2 rings (SSSR count). The molecule has 1 unspecified atom stereocenters. The van der Waals surface area contributed by atoms with Crippen LogP contribution in [-0.2, 0) is 9.53 Å². The number of likely N-dealkylation sites (N-methyl/N-ethyl adjacent to an activating group) is 1. The van der Waals surface area contributed by atoms with E-state index < -0.39 is 0 Å². The van der Waals surface area contributed by atoms with E-state index in [4.69, 9.17) is 4.74 Å². The Morgan fingerprint density at radius 3 is 2.39 bits per heavy atom. The van der Waals surface area contributed by atoms with Gasteiger partial charge in [-0.1, -0.05) is 29.8 Å². The zero-order chi connectivity index (χ0) is 16.8. The number of hydrogen-bond donors (Lipinski definition) is 0. The molecule has 0 spiro atoms. The fourth-order valence-corrected chi connectivity index (χ4v) is 3.31. The second kappa shape index (κ2) is 8.46. The molecule has 23 heavy (non-hydrogen) atoms. The predicted octanol–water partition coefficient (Wildman–Crippen LogP) is 2.87. The van der Waals surface area contributed by atoms with Crippen molar-refractivity contribution in [3.63, 3.8) is 0 Å². The Morgan fingerprint density at radius 2 is 1.87 bits per heavy atom. The summed E-state index contributed by atoms with van der Waals surface area (Å²) in [4.78, 5) is 17.1. The summed E-state index contributed by atoms with van der Waals surface area (Å²) < 4.78 is 5.17. The summed E-state index contributed by atoms with van der Waals surface area (Å²) in [6.45, 7) is 4.62. The molecular formula is C19H30N2O2. The quantitative estimate of drug-likeness (QED) is 0.808. The molecule has 1 saturated heterocycles. The van der Waals surface area contributed by atoms with Crippen molar-refractivity contribution in [2.24, 2.45) is 5.92 Å². The summed E-state index contributed by atoms with van der Waals surface area (Å²) >= 11 is 0. The number of nitrogens with zero attached hydrogens (tertiary/aromatic N) is 2. The second-order valence-electron chi connectivity index (χ2n) is 6.83. The van der Waals surface area contributed by atoms with E-state index in [2.05, 4.69) is 31.2 Å². The van der Waals surface area contributed by atoms with Gasteiger partial charge in [0.1, 0.15) is 6.04 Å². The first-order valence-corrected chi connectivity index (χ1v) is 8.53. The molecule has 0 radical (unpaired) electrons. The maximum absolute atomic E-state index is 13.0. The zero-order valence-electron chi connectivity index (χ0n) is 14.9. The van der Waals surface area contributed by atoms with Crippen LogP contribution in [0.4, 0.5) is 0 Å². The van der Waals surface area contributed by atoms with Gasteiger partial charge in [-0.05, 0) is 51.8 Å². The van der Waals surface area contributed by atoms with E-state index in [-0.39, 0.29) is 11.9 Å². The average molecular weight is 318 g/mol. The van der Waals surface area contributed by atoms with Crippen molar-refractivity contribution >= 4 is 5.91 Å². The molecule has 1 aliphatic rings. The van der Waals surface area contributed by atoms with Crippen molar-refractivity contribution in [2.75, 3.05) is 40.9 Å². The highest BCUT2D eigenvalue weighted by Gasteiger charge is 2.30. The van der Waals surface area contributed by atoms with Gasteiger partial charge >= 0.3 is 0 Å². The summed E-state index contributed by atoms with van der Waals surface area (Å²) in [5, 5.41) is 0. The number of carbonyl (C=O) groups is 1. The number of benzene rings is 1. The maximum Gasteiger partial charge on any atom is 0.244 e. The molecule has 1 fully saturated rings. The summed E-state index contributed by atoms with van der Waals surface area (Å²) in [6.07, 6.45) is 3.28. The fraction of sp³-hybridized carbons (Fsp3) is 0.632. The molecule has 1 atom stereocenters. The Kier molecular flexibility index (Phi) is 6.60. The molecular weight excluding hydrogens is 288 g/mol. The summed E-state index contributed by atoms with van der Waals surface area (Å²) in [6, 6.07) is 8.12. The van der Waals surface area contributed by atoms with Crippen LogP contribution in [0.3, 0.4) is 0 Å². The van der Waals surface area contributed by atoms with Crippen LogP contribution in [0, 0.1) is 12.8 Å². The molecule has 1 aromatic rings. The van der Waals surface area contributed by atoms with Gasteiger partial charge in [0.25, 0.3) is 0 Å². The third-order valence-corrected chi connectivity index (χ3v) is 4.80. The number of methoxy groups -OCH3 is 1. The third kappa shape index (κ3) is 4.79. The predicted molar refractivity (Wildman–Crippen MR) is 93.4 cm³/mol. The van der Waals surface area contributed by atoms with Gasteiger partial charge in [0.05, 0.1) is 0 Å². The Hall–Kier alpha value is -1.39. The van der Waals surface area contributed by atoms with Crippen LogP contribution in [0.25, 0.3) is 0 Å². The number of amides is 1. The lowest BCUT2D eigenvalue weighted by Gasteiger charge is -2.36. The van der Waals surface area contributed by atoms with Crippen LogP contribution < -0.4 is 0 Å². The highest BCUT2D eigenvalue weighted by atomic mass is 16.5. The second-order valence-corrected chi connectivity index (χ2v) is 6.83. The standard InChI is InChI=1S/C19H30N2O2/c1-15-5-7-17(8-6-15)18(20(2)3)19(22)21-12-9-16(10-13-21)11-14-23-4/h5-8,16,18H,9-14H2,1-4H3. The highest BCUT2D eigenvalue weighted by molar-refractivity contribution is 5.83. The van der Waals surface area contributed by atoms with Gasteiger partial charge in [-0.3, -0.25) is 9.69 Å². The number of ether oxygens (including phenoxy) is 1. The van der Waals surface area contributed by atoms with E-state index in [0.717, 1.165) is 44.5 Å². The van der Waals surface area contributed by atoms with E-state index in [9.17, 15) is 4.79 Å². The minimum Gasteiger partial charge on any atom is -0.385 e. The average Bonchev–Trinajstić information content (AvgIpc) is 2.55. The van der Waals surface area contributed by atoms with Gasteiger partial charge in [-0.15, -0.1) is 0 Å². The number of likely N-dealkylation sites (tertiary alicyclic amines) is 1. The Labute approximate surface area is 140 Å². The topological polar surface area (TPSA) is 32.8 Å². The van der Waals surface area contributed by atoms with E-state index in [1.165, 1.54) is 5.56 Å². The van der Waals surface area contributed by atoms with Crippen molar-refractivity contribution in [1.82, 2.24) is 9.80 Å². The first-order chi connectivity index (χ1) is 11.0. The number of carbonyl (C=O) groups excluding carboxylic acids is 1. The van der Waals surface area contributed by atoms with Crippen molar-refractivity contribution in [3.05, 3.63) is 35.4 Å². The summed E-state index contributed by atoms with van der Waals surface area (Å²) in [5.74, 6) is 0.917.